The Morgan fingerprint density at radius 3 is 2.64 bits per heavy atom. The van der Waals surface area contributed by atoms with Crippen molar-refractivity contribution in [2.75, 3.05) is 12.4 Å². The number of amides is 1. The van der Waals surface area contributed by atoms with Crippen LogP contribution in [0.4, 0.5) is 5.69 Å². The van der Waals surface area contributed by atoms with Crippen LogP contribution < -0.4 is 16.0 Å². The molecule has 0 spiro atoms. The second-order valence-electron chi connectivity index (χ2n) is 6.12. The van der Waals surface area contributed by atoms with E-state index in [2.05, 4.69) is 16.0 Å². The van der Waals surface area contributed by atoms with Crippen molar-refractivity contribution >= 4 is 46.5 Å². The van der Waals surface area contributed by atoms with Crippen LogP contribution >= 0.6 is 23.8 Å². The van der Waals surface area contributed by atoms with Crippen molar-refractivity contribution in [3.63, 3.8) is 0 Å². The normalized spacial score (nSPS) is 16.1. The van der Waals surface area contributed by atoms with Crippen LogP contribution in [-0.2, 0) is 9.53 Å². The Bertz CT molecular complexity index is 990. The van der Waals surface area contributed by atoms with Crippen LogP contribution in [0.2, 0.25) is 5.02 Å². The smallest absolute Gasteiger partial charge is 0.337 e. The second kappa shape index (κ2) is 8.41. The van der Waals surface area contributed by atoms with Gasteiger partial charge < -0.3 is 20.7 Å². The van der Waals surface area contributed by atoms with E-state index in [-0.39, 0.29) is 5.91 Å². The molecule has 3 rings (SSSR count). The first-order valence-corrected chi connectivity index (χ1v) is 9.21. The monoisotopic (exact) mass is 415 g/mol. The van der Waals surface area contributed by atoms with Gasteiger partial charge in [0.2, 0.25) is 0 Å². The van der Waals surface area contributed by atoms with Gasteiger partial charge in [-0.15, -0.1) is 0 Å². The number of hydrogen-bond donors (Lipinski definition) is 3. The van der Waals surface area contributed by atoms with Gasteiger partial charge in [-0.2, -0.15) is 0 Å². The topological polar surface area (TPSA) is 79.5 Å². The van der Waals surface area contributed by atoms with Crippen molar-refractivity contribution in [3.05, 3.63) is 76.0 Å². The maximum atomic E-state index is 12.5. The first-order valence-electron chi connectivity index (χ1n) is 8.43. The summed E-state index contributed by atoms with van der Waals surface area (Å²) in [5.41, 5.74) is 2.73. The summed E-state index contributed by atoms with van der Waals surface area (Å²) in [6.07, 6.45) is 0. The van der Waals surface area contributed by atoms with E-state index in [4.69, 9.17) is 28.6 Å². The number of esters is 1. The van der Waals surface area contributed by atoms with E-state index in [0.717, 1.165) is 5.56 Å². The number of carbonyl (C=O) groups is 2. The SMILES string of the molecule is COC(=O)C1=C(C)NC(=S)N[C@@H]1c1cccc(NC(=O)c2ccccc2Cl)c1. The summed E-state index contributed by atoms with van der Waals surface area (Å²) in [7, 11) is 1.33. The Morgan fingerprint density at radius 2 is 1.93 bits per heavy atom. The van der Waals surface area contributed by atoms with Gasteiger partial charge in [-0.3, -0.25) is 4.79 Å². The van der Waals surface area contributed by atoms with E-state index < -0.39 is 12.0 Å². The summed E-state index contributed by atoms with van der Waals surface area (Å²) in [5.74, 6) is -0.785. The maximum absolute atomic E-state index is 12.5. The average Bonchev–Trinajstić information content (AvgIpc) is 2.67. The van der Waals surface area contributed by atoms with Gasteiger partial charge in [0.15, 0.2) is 5.11 Å². The van der Waals surface area contributed by atoms with E-state index in [1.165, 1.54) is 7.11 Å². The molecule has 3 N–H and O–H groups in total. The number of carbonyl (C=O) groups excluding carboxylic acids is 2. The molecule has 1 atom stereocenters. The van der Waals surface area contributed by atoms with Gasteiger partial charge in [-0.05, 0) is 49.0 Å². The van der Waals surface area contributed by atoms with E-state index in [1.807, 2.05) is 6.07 Å². The highest BCUT2D eigenvalue weighted by molar-refractivity contribution is 7.80. The number of anilines is 1. The molecule has 144 valence electrons. The summed E-state index contributed by atoms with van der Waals surface area (Å²) < 4.78 is 4.91. The molecule has 2 aromatic carbocycles. The molecule has 0 saturated carbocycles. The predicted molar refractivity (Wildman–Crippen MR) is 112 cm³/mol. The summed E-state index contributed by atoms with van der Waals surface area (Å²) in [6, 6.07) is 13.5. The minimum Gasteiger partial charge on any atom is -0.466 e. The number of benzene rings is 2. The van der Waals surface area contributed by atoms with Crippen molar-refractivity contribution in [1.82, 2.24) is 10.6 Å². The molecule has 1 amide bonds. The average molecular weight is 416 g/mol. The van der Waals surface area contributed by atoms with Gasteiger partial charge >= 0.3 is 5.97 Å². The fourth-order valence-corrected chi connectivity index (χ4v) is 3.46. The molecule has 1 aliphatic heterocycles. The van der Waals surface area contributed by atoms with E-state index >= 15 is 0 Å². The zero-order chi connectivity index (χ0) is 20.3. The number of halogens is 1. The lowest BCUT2D eigenvalue weighted by atomic mass is 9.95. The lowest BCUT2D eigenvalue weighted by Gasteiger charge is -2.29. The highest BCUT2D eigenvalue weighted by atomic mass is 35.5. The van der Waals surface area contributed by atoms with Gasteiger partial charge in [0.25, 0.3) is 5.91 Å². The first-order chi connectivity index (χ1) is 13.4. The van der Waals surface area contributed by atoms with Crippen molar-refractivity contribution in [2.24, 2.45) is 0 Å². The third kappa shape index (κ3) is 4.16. The largest absolute Gasteiger partial charge is 0.466 e. The molecule has 1 aliphatic rings. The van der Waals surface area contributed by atoms with E-state index in [0.29, 0.717) is 32.7 Å². The van der Waals surface area contributed by atoms with Crippen LogP contribution in [-0.4, -0.2) is 24.1 Å². The number of thiocarbonyl (C=S) groups is 1. The summed E-state index contributed by atoms with van der Waals surface area (Å²) in [6.45, 7) is 1.76. The number of hydrogen-bond acceptors (Lipinski definition) is 4. The number of methoxy groups -OCH3 is 1. The number of ether oxygens (including phenoxy) is 1. The number of nitrogens with one attached hydrogen (secondary N) is 3. The van der Waals surface area contributed by atoms with Crippen molar-refractivity contribution in [3.8, 4) is 0 Å². The molecule has 28 heavy (non-hydrogen) atoms. The lowest BCUT2D eigenvalue weighted by molar-refractivity contribution is -0.136. The number of allylic oxidation sites excluding steroid dienone is 1. The minimum absolute atomic E-state index is 0.323. The fraction of sp³-hybridized carbons (Fsp3) is 0.150. The molecular formula is C20H18ClN3O3S. The van der Waals surface area contributed by atoms with Crippen LogP contribution in [0.5, 0.6) is 0 Å². The van der Waals surface area contributed by atoms with Crippen LogP contribution in [0, 0.1) is 0 Å². The Labute approximate surface area is 172 Å². The minimum atomic E-state index is -0.502. The summed E-state index contributed by atoms with van der Waals surface area (Å²) in [5, 5.41) is 9.61. The zero-order valence-corrected chi connectivity index (χ0v) is 16.8. The van der Waals surface area contributed by atoms with Crippen LogP contribution in [0.25, 0.3) is 0 Å². The molecule has 0 radical (unpaired) electrons. The van der Waals surface area contributed by atoms with Crippen molar-refractivity contribution in [1.29, 1.82) is 0 Å². The molecule has 6 nitrogen and oxygen atoms in total. The Balaban J connectivity index is 1.91. The molecule has 8 heteroatoms. The quantitative estimate of drug-likeness (QED) is 0.523. The van der Waals surface area contributed by atoms with E-state index in [9.17, 15) is 9.59 Å². The molecule has 0 aliphatic carbocycles. The van der Waals surface area contributed by atoms with Crippen LogP contribution in [0.3, 0.4) is 0 Å². The second-order valence-corrected chi connectivity index (χ2v) is 6.94. The Kier molecular flexibility index (Phi) is 5.96. The molecule has 0 saturated heterocycles. The standard InChI is InChI=1S/C20H18ClN3O3S/c1-11-16(19(26)27-2)17(24-20(28)22-11)12-6-5-7-13(10-12)23-18(25)14-8-3-4-9-15(14)21/h3-10,17H,1-2H3,(H,23,25)(H2,22,24,28)/t17-/m1/s1. The third-order valence-corrected chi connectivity index (χ3v) is 4.82. The molecule has 0 aromatic heterocycles. The van der Waals surface area contributed by atoms with Crippen molar-refractivity contribution < 1.29 is 14.3 Å². The molecule has 0 unspecified atom stereocenters. The predicted octanol–water partition coefficient (Wildman–Crippen LogP) is 3.56. The summed E-state index contributed by atoms with van der Waals surface area (Å²) >= 11 is 11.3. The van der Waals surface area contributed by atoms with E-state index in [1.54, 1.807) is 49.4 Å². The molecule has 0 fully saturated rings. The highest BCUT2D eigenvalue weighted by Gasteiger charge is 2.30. The third-order valence-electron chi connectivity index (χ3n) is 4.27. The van der Waals surface area contributed by atoms with Gasteiger partial charge in [-0.1, -0.05) is 35.9 Å². The summed E-state index contributed by atoms with van der Waals surface area (Å²) in [4.78, 5) is 24.8. The lowest BCUT2D eigenvalue weighted by Crippen LogP contribution is -2.45. The zero-order valence-electron chi connectivity index (χ0n) is 15.2. The van der Waals surface area contributed by atoms with Gasteiger partial charge in [0.1, 0.15) is 0 Å². The van der Waals surface area contributed by atoms with Gasteiger partial charge in [-0.25, -0.2) is 4.79 Å². The highest BCUT2D eigenvalue weighted by Crippen LogP contribution is 2.29. The van der Waals surface area contributed by atoms with Crippen LogP contribution in [0.15, 0.2) is 59.8 Å². The molecule has 1 heterocycles. The molecule has 0 bridgehead atoms. The maximum Gasteiger partial charge on any atom is 0.337 e. The Morgan fingerprint density at radius 1 is 1.18 bits per heavy atom. The Hall–Kier alpha value is -2.90. The molecular weight excluding hydrogens is 398 g/mol. The first kappa shape index (κ1) is 19.9. The fourth-order valence-electron chi connectivity index (χ4n) is 2.96. The van der Waals surface area contributed by atoms with Gasteiger partial charge in [0.05, 0.1) is 29.3 Å². The molecule has 2 aromatic rings. The number of rotatable bonds is 4. The van der Waals surface area contributed by atoms with Crippen molar-refractivity contribution in [2.45, 2.75) is 13.0 Å². The van der Waals surface area contributed by atoms with Gasteiger partial charge in [0, 0.05) is 11.4 Å². The van der Waals surface area contributed by atoms with Crippen LogP contribution in [0.1, 0.15) is 28.9 Å².